The highest BCUT2D eigenvalue weighted by molar-refractivity contribution is 5.90. The predicted molar refractivity (Wildman–Crippen MR) is 94.5 cm³/mol. The van der Waals surface area contributed by atoms with Gasteiger partial charge >= 0.3 is 5.63 Å². The van der Waals surface area contributed by atoms with Crippen LogP contribution >= 0.6 is 0 Å². The van der Waals surface area contributed by atoms with Crippen LogP contribution in [-0.4, -0.2) is 23.4 Å². The predicted octanol–water partition coefficient (Wildman–Crippen LogP) is 3.85. The van der Waals surface area contributed by atoms with Gasteiger partial charge in [-0.25, -0.2) is 4.79 Å². The smallest absolute Gasteiger partial charge is 0.347 e. The summed E-state index contributed by atoms with van der Waals surface area (Å²) in [5.41, 5.74) is -0.268. The summed E-state index contributed by atoms with van der Waals surface area (Å²) in [5.74, 6) is 0.213. The molecular weight excluding hydrogens is 308 g/mol. The van der Waals surface area contributed by atoms with Gasteiger partial charge in [0.1, 0.15) is 17.9 Å². The van der Waals surface area contributed by atoms with Gasteiger partial charge in [-0.3, -0.25) is 0 Å². The fourth-order valence-corrected chi connectivity index (χ4v) is 2.50. The van der Waals surface area contributed by atoms with Crippen LogP contribution in [0.2, 0.25) is 0 Å². The third-order valence-corrected chi connectivity index (χ3v) is 3.76. The molecule has 1 heterocycles. The van der Waals surface area contributed by atoms with Gasteiger partial charge in [-0.1, -0.05) is 38.3 Å². The van der Waals surface area contributed by atoms with Crippen molar-refractivity contribution in [1.29, 1.82) is 0 Å². The van der Waals surface area contributed by atoms with Gasteiger partial charge in [-0.2, -0.15) is 0 Å². The second kappa shape index (κ2) is 9.13. The minimum absolute atomic E-state index is 0.0863. The number of fused-ring (bicyclic) bond motifs is 1. The zero-order valence-corrected chi connectivity index (χ0v) is 14.0. The number of hydrogen-bond donors (Lipinski definition) is 2. The van der Waals surface area contributed by atoms with E-state index >= 15 is 0 Å². The van der Waals surface area contributed by atoms with Crippen LogP contribution in [0.15, 0.2) is 33.5 Å². The summed E-state index contributed by atoms with van der Waals surface area (Å²) in [6, 6.07) is 4.99. The fourth-order valence-electron chi connectivity index (χ4n) is 2.50. The monoisotopic (exact) mass is 332 g/mol. The van der Waals surface area contributed by atoms with Crippen molar-refractivity contribution in [3.8, 4) is 11.5 Å². The number of para-hydroxylation sites is 1. The molecule has 0 spiro atoms. The van der Waals surface area contributed by atoms with Crippen molar-refractivity contribution in [1.82, 2.24) is 0 Å². The van der Waals surface area contributed by atoms with E-state index in [9.17, 15) is 9.90 Å². The van der Waals surface area contributed by atoms with Gasteiger partial charge in [0, 0.05) is 0 Å². The Labute approximate surface area is 141 Å². The Balaban J connectivity index is 2.26. The highest BCUT2D eigenvalue weighted by atomic mass is 16.5. The molecule has 0 bridgehead atoms. The number of benzene rings is 1. The van der Waals surface area contributed by atoms with Crippen LogP contribution in [0.1, 0.15) is 44.6 Å². The van der Waals surface area contributed by atoms with Crippen LogP contribution in [0.5, 0.6) is 11.5 Å². The molecule has 24 heavy (non-hydrogen) atoms. The third-order valence-electron chi connectivity index (χ3n) is 3.76. The zero-order valence-electron chi connectivity index (χ0n) is 14.0. The molecule has 2 N–H and O–H groups in total. The van der Waals surface area contributed by atoms with Gasteiger partial charge in [0.25, 0.3) is 0 Å². The van der Waals surface area contributed by atoms with Crippen molar-refractivity contribution in [2.75, 3.05) is 13.2 Å². The Morgan fingerprint density at radius 1 is 1.25 bits per heavy atom. The minimum Gasteiger partial charge on any atom is -0.506 e. The number of ether oxygens (including phenoxy) is 1. The molecule has 0 atom stereocenters. The van der Waals surface area contributed by atoms with E-state index in [1.54, 1.807) is 24.3 Å². The van der Waals surface area contributed by atoms with Crippen molar-refractivity contribution in [2.24, 2.45) is 0 Å². The Kier molecular flexibility index (Phi) is 6.88. The maximum atomic E-state index is 12.2. The van der Waals surface area contributed by atoms with E-state index in [1.165, 1.54) is 12.8 Å². The number of allylic oxidation sites excluding steroid dienone is 1. The molecular formula is C19H24O5. The summed E-state index contributed by atoms with van der Waals surface area (Å²) < 4.78 is 10.7. The number of hydrogen-bond acceptors (Lipinski definition) is 5. The van der Waals surface area contributed by atoms with Crippen molar-refractivity contribution in [3.63, 3.8) is 0 Å². The molecule has 0 radical (unpaired) electrons. The molecule has 0 aliphatic carbocycles. The average Bonchev–Trinajstić information content (AvgIpc) is 2.58. The Morgan fingerprint density at radius 2 is 2.08 bits per heavy atom. The molecule has 1 aromatic heterocycles. The standard InChI is InChI=1S/C19H24O5/c1-2-3-4-5-6-7-9-15-17(21)14-10-8-11-16(23-13-12-20)18(14)24-19(15)22/h7-11,20-21H,2-6,12-13H2,1H3. The molecule has 5 heteroatoms. The molecule has 0 fully saturated rings. The zero-order chi connectivity index (χ0) is 17.4. The van der Waals surface area contributed by atoms with E-state index in [-0.39, 0.29) is 30.1 Å². The van der Waals surface area contributed by atoms with Crippen molar-refractivity contribution >= 4 is 17.0 Å². The van der Waals surface area contributed by atoms with Crippen molar-refractivity contribution < 1.29 is 19.4 Å². The van der Waals surface area contributed by atoms with Gasteiger partial charge in [0.2, 0.25) is 0 Å². The number of aliphatic hydroxyl groups is 1. The molecule has 1 aromatic carbocycles. The first-order valence-electron chi connectivity index (χ1n) is 8.38. The number of rotatable bonds is 9. The average molecular weight is 332 g/mol. The lowest BCUT2D eigenvalue weighted by atomic mass is 10.1. The summed E-state index contributed by atoms with van der Waals surface area (Å²) in [5, 5.41) is 19.7. The lowest BCUT2D eigenvalue weighted by molar-refractivity contribution is 0.201. The molecule has 5 nitrogen and oxygen atoms in total. The van der Waals surface area contributed by atoms with Crippen LogP contribution in [0, 0.1) is 0 Å². The Hall–Kier alpha value is -2.27. The summed E-state index contributed by atoms with van der Waals surface area (Å²) in [6.07, 6.45) is 8.96. The quantitative estimate of drug-likeness (QED) is 0.538. The molecule has 0 unspecified atom stereocenters. The maximum Gasteiger partial charge on any atom is 0.347 e. The number of aromatic hydroxyl groups is 1. The van der Waals surface area contributed by atoms with E-state index in [0.717, 1.165) is 19.3 Å². The van der Waals surface area contributed by atoms with E-state index in [0.29, 0.717) is 11.1 Å². The van der Waals surface area contributed by atoms with Gasteiger partial charge in [-0.05, 0) is 31.1 Å². The highest BCUT2D eigenvalue weighted by Crippen LogP contribution is 2.32. The maximum absolute atomic E-state index is 12.2. The summed E-state index contributed by atoms with van der Waals surface area (Å²) in [6.45, 7) is 2.10. The van der Waals surface area contributed by atoms with Gasteiger partial charge in [-0.15, -0.1) is 0 Å². The summed E-state index contributed by atoms with van der Waals surface area (Å²) in [7, 11) is 0. The lowest BCUT2D eigenvalue weighted by Gasteiger charge is -2.08. The van der Waals surface area contributed by atoms with Gasteiger partial charge in [0.15, 0.2) is 11.3 Å². The van der Waals surface area contributed by atoms with Crippen molar-refractivity contribution in [3.05, 3.63) is 40.3 Å². The molecule has 130 valence electrons. The van der Waals surface area contributed by atoms with E-state index in [2.05, 4.69) is 6.92 Å². The first-order valence-corrected chi connectivity index (χ1v) is 8.38. The van der Waals surface area contributed by atoms with E-state index in [4.69, 9.17) is 14.3 Å². The number of aliphatic hydroxyl groups excluding tert-OH is 1. The van der Waals surface area contributed by atoms with Crippen LogP contribution in [-0.2, 0) is 0 Å². The summed E-state index contributed by atoms with van der Waals surface area (Å²) in [4.78, 5) is 12.2. The molecule has 0 aliphatic heterocycles. The molecule has 0 aliphatic rings. The molecule has 0 saturated carbocycles. The van der Waals surface area contributed by atoms with E-state index in [1.807, 2.05) is 6.08 Å². The van der Waals surface area contributed by atoms with Gasteiger partial charge < -0.3 is 19.4 Å². The van der Waals surface area contributed by atoms with Gasteiger partial charge in [0.05, 0.1) is 12.0 Å². The first kappa shape index (κ1) is 18.1. The lowest BCUT2D eigenvalue weighted by Crippen LogP contribution is -2.06. The SMILES string of the molecule is CCCCCCC=Cc1c(O)c2cccc(OCCO)c2oc1=O. The second-order valence-electron chi connectivity index (χ2n) is 5.61. The largest absolute Gasteiger partial charge is 0.506 e. The minimum atomic E-state index is -0.607. The number of unbranched alkanes of at least 4 members (excludes halogenated alkanes) is 4. The molecule has 2 aromatic rings. The van der Waals surface area contributed by atoms with Crippen LogP contribution in [0.25, 0.3) is 17.0 Å². The highest BCUT2D eigenvalue weighted by Gasteiger charge is 2.14. The molecule has 0 amide bonds. The summed E-state index contributed by atoms with van der Waals surface area (Å²) >= 11 is 0. The van der Waals surface area contributed by atoms with Crippen LogP contribution in [0.3, 0.4) is 0 Å². The van der Waals surface area contributed by atoms with Crippen LogP contribution in [0.4, 0.5) is 0 Å². The molecule has 2 rings (SSSR count). The first-order chi connectivity index (χ1) is 11.7. The molecule has 0 saturated heterocycles. The normalized spacial score (nSPS) is 11.4. The van der Waals surface area contributed by atoms with Crippen LogP contribution < -0.4 is 10.4 Å². The Morgan fingerprint density at radius 3 is 2.83 bits per heavy atom. The van der Waals surface area contributed by atoms with Crippen molar-refractivity contribution in [2.45, 2.75) is 39.0 Å². The van der Waals surface area contributed by atoms with E-state index < -0.39 is 5.63 Å². The second-order valence-corrected chi connectivity index (χ2v) is 5.61. The topological polar surface area (TPSA) is 79.9 Å². The Bertz CT molecular complexity index is 745. The fraction of sp³-hybridized carbons (Fsp3) is 0.421. The third kappa shape index (κ3) is 4.38.